The van der Waals surface area contributed by atoms with E-state index in [0.717, 1.165) is 48.2 Å². The number of carbonyl (C=O) groups is 1. The fourth-order valence-corrected chi connectivity index (χ4v) is 5.01. The molecule has 1 amide bonds. The lowest BCUT2D eigenvalue weighted by Crippen LogP contribution is -2.35. The van der Waals surface area contributed by atoms with Crippen LogP contribution in [-0.4, -0.2) is 34.8 Å². The number of carbonyl (C=O) groups excluding carboxylic acids is 1. The Morgan fingerprint density at radius 1 is 0.821 bits per heavy atom. The van der Waals surface area contributed by atoms with Crippen molar-refractivity contribution in [3.63, 3.8) is 0 Å². The number of anilines is 4. The van der Waals surface area contributed by atoms with Crippen molar-refractivity contribution in [3.8, 4) is 5.69 Å². The summed E-state index contributed by atoms with van der Waals surface area (Å²) in [5.74, 6) is -0.553. The lowest BCUT2D eigenvalue weighted by Gasteiger charge is -2.31. The third kappa shape index (κ3) is 5.35. The Labute approximate surface area is 226 Å². The van der Waals surface area contributed by atoms with E-state index in [4.69, 9.17) is 0 Å². The van der Waals surface area contributed by atoms with Gasteiger partial charge in [0.25, 0.3) is 5.91 Å². The maximum absolute atomic E-state index is 15.0. The molecule has 0 radical (unpaired) electrons. The average molecular weight is 521 g/mol. The summed E-state index contributed by atoms with van der Waals surface area (Å²) in [7, 11) is 0. The molecule has 3 N–H and O–H groups in total. The van der Waals surface area contributed by atoms with E-state index in [1.54, 1.807) is 30.3 Å². The second-order valence-corrected chi connectivity index (χ2v) is 9.83. The van der Waals surface area contributed by atoms with Gasteiger partial charge in [-0.15, -0.1) is 0 Å². The first-order chi connectivity index (χ1) is 19.0. The van der Waals surface area contributed by atoms with Crippen LogP contribution in [0.15, 0.2) is 103 Å². The molecule has 6 rings (SSSR count). The minimum atomic E-state index is -0.355. The van der Waals surface area contributed by atoms with Gasteiger partial charge in [0, 0.05) is 53.7 Å². The highest BCUT2D eigenvalue weighted by molar-refractivity contribution is 6.04. The highest BCUT2D eigenvalue weighted by Crippen LogP contribution is 2.27. The Hall–Kier alpha value is -4.62. The number of benzene rings is 4. The summed E-state index contributed by atoms with van der Waals surface area (Å²) in [6.45, 7) is 1.62. The molecule has 0 atom stereocenters. The third-order valence-corrected chi connectivity index (χ3v) is 7.21. The predicted molar refractivity (Wildman–Crippen MR) is 155 cm³/mol. The monoisotopic (exact) mass is 520 g/mol. The van der Waals surface area contributed by atoms with Gasteiger partial charge in [0.15, 0.2) is 0 Å². The van der Waals surface area contributed by atoms with Gasteiger partial charge in [0.1, 0.15) is 5.82 Å². The summed E-state index contributed by atoms with van der Waals surface area (Å²) in [5, 5.41) is 16.8. The number of hydrogen-bond acceptors (Lipinski definition) is 4. The van der Waals surface area contributed by atoms with E-state index >= 15 is 0 Å². The van der Waals surface area contributed by atoms with Crippen LogP contribution in [0.5, 0.6) is 0 Å². The molecule has 196 valence electrons. The lowest BCUT2D eigenvalue weighted by atomic mass is 10.1. The average Bonchev–Trinajstić information content (AvgIpc) is 3.40. The number of nitrogens with zero attached hydrogens (tertiary/aromatic N) is 2. The van der Waals surface area contributed by atoms with E-state index in [9.17, 15) is 14.3 Å². The van der Waals surface area contributed by atoms with Crippen LogP contribution in [0.2, 0.25) is 0 Å². The van der Waals surface area contributed by atoms with Crippen molar-refractivity contribution >= 4 is 39.6 Å². The van der Waals surface area contributed by atoms with Crippen LogP contribution in [0.25, 0.3) is 16.6 Å². The summed E-state index contributed by atoms with van der Waals surface area (Å²) < 4.78 is 16.9. The maximum atomic E-state index is 15.0. The molecule has 4 aromatic carbocycles. The van der Waals surface area contributed by atoms with Crippen molar-refractivity contribution in [2.24, 2.45) is 0 Å². The number of halogens is 1. The van der Waals surface area contributed by atoms with Crippen molar-refractivity contribution in [3.05, 3.63) is 115 Å². The first kappa shape index (κ1) is 24.7. The number of piperidine rings is 1. The number of rotatable bonds is 6. The zero-order chi connectivity index (χ0) is 26.8. The summed E-state index contributed by atoms with van der Waals surface area (Å²) in [6, 6.07) is 29.8. The number of amides is 1. The van der Waals surface area contributed by atoms with Gasteiger partial charge in [0.05, 0.1) is 17.3 Å². The molecule has 0 spiro atoms. The molecule has 0 saturated carbocycles. The molecule has 1 aliphatic heterocycles. The zero-order valence-electron chi connectivity index (χ0n) is 21.3. The number of nitrogens with one attached hydrogen (secondary N) is 2. The Morgan fingerprint density at radius 2 is 1.51 bits per heavy atom. The first-order valence-corrected chi connectivity index (χ1v) is 13.1. The fourth-order valence-electron chi connectivity index (χ4n) is 5.01. The molecule has 2 heterocycles. The highest BCUT2D eigenvalue weighted by atomic mass is 19.1. The topological polar surface area (TPSA) is 69.5 Å². The molecule has 0 bridgehead atoms. The van der Waals surface area contributed by atoms with E-state index in [2.05, 4.69) is 15.5 Å². The van der Waals surface area contributed by atoms with Gasteiger partial charge in [-0.05, 0) is 91.0 Å². The second kappa shape index (κ2) is 10.6. The van der Waals surface area contributed by atoms with E-state index < -0.39 is 0 Å². The number of para-hydroxylation sites is 1. The normalized spacial score (nSPS) is 13.9. The molecule has 1 fully saturated rings. The van der Waals surface area contributed by atoms with Gasteiger partial charge in [-0.3, -0.25) is 4.79 Å². The van der Waals surface area contributed by atoms with Crippen LogP contribution in [0.1, 0.15) is 23.2 Å². The van der Waals surface area contributed by atoms with Gasteiger partial charge < -0.3 is 25.2 Å². The SMILES string of the molecule is O=C(Nc1ccc(Nc2ccc(-n3ccc4ccccc43)cc2F)cc1)c1ccc(N2CCC(O)CC2)cc1. The van der Waals surface area contributed by atoms with Gasteiger partial charge >= 0.3 is 0 Å². The van der Waals surface area contributed by atoms with Crippen molar-refractivity contribution < 1.29 is 14.3 Å². The molecular formula is C32H29FN4O2. The van der Waals surface area contributed by atoms with Crippen LogP contribution in [0.3, 0.4) is 0 Å². The zero-order valence-corrected chi connectivity index (χ0v) is 21.3. The lowest BCUT2D eigenvalue weighted by molar-refractivity contribution is 0.102. The first-order valence-electron chi connectivity index (χ1n) is 13.1. The number of fused-ring (bicyclic) bond motifs is 1. The summed E-state index contributed by atoms with van der Waals surface area (Å²) >= 11 is 0. The number of hydrogen-bond donors (Lipinski definition) is 3. The molecule has 1 saturated heterocycles. The Morgan fingerprint density at radius 3 is 2.26 bits per heavy atom. The van der Waals surface area contributed by atoms with Gasteiger partial charge in [0.2, 0.25) is 0 Å². The number of aliphatic hydroxyl groups is 1. The molecule has 1 aliphatic rings. The summed E-state index contributed by atoms with van der Waals surface area (Å²) in [6.07, 6.45) is 3.24. The molecule has 0 aliphatic carbocycles. The van der Waals surface area contributed by atoms with Crippen LogP contribution in [0, 0.1) is 5.82 Å². The molecule has 6 nitrogen and oxygen atoms in total. The Balaban J connectivity index is 1.08. The summed E-state index contributed by atoms with van der Waals surface area (Å²) in [5.41, 5.74) is 5.12. The van der Waals surface area contributed by atoms with Gasteiger partial charge in [-0.1, -0.05) is 18.2 Å². The summed E-state index contributed by atoms with van der Waals surface area (Å²) in [4.78, 5) is 15.0. The Kier molecular flexibility index (Phi) is 6.73. The smallest absolute Gasteiger partial charge is 0.255 e. The van der Waals surface area contributed by atoms with Gasteiger partial charge in [-0.25, -0.2) is 4.39 Å². The molecule has 0 unspecified atom stereocenters. The molecular weight excluding hydrogens is 491 g/mol. The standard InChI is InChI=1S/C32H29FN4O2/c33-29-21-27(37-20-15-22-3-1-2-4-31(22)37)13-14-30(29)34-24-7-9-25(10-8-24)35-32(39)23-5-11-26(12-6-23)36-18-16-28(38)17-19-36/h1-15,20-21,28,34,38H,16-19H2,(H,35,39). The Bertz CT molecular complexity index is 1600. The highest BCUT2D eigenvalue weighted by Gasteiger charge is 2.17. The number of aromatic nitrogens is 1. The molecule has 7 heteroatoms. The minimum absolute atomic E-state index is 0.199. The van der Waals surface area contributed by atoms with E-state index in [1.165, 1.54) is 6.07 Å². The second-order valence-electron chi connectivity index (χ2n) is 9.83. The largest absolute Gasteiger partial charge is 0.393 e. The van der Waals surface area contributed by atoms with Crippen LogP contribution < -0.4 is 15.5 Å². The van der Waals surface area contributed by atoms with Crippen LogP contribution in [-0.2, 0) is 0 Å². The fraction of sp³-hybridized carbons (Fsp3) is 0.156. The van der Waals surface area contributed by atoms with Gasteiger partial charge in [-0.2, -0.15) is 0 Å². The predicted octanol–water partition coefficient (Wildman–Crippen LogP) is 6.73. The minimum Gasteiger partial charge on any atom is -0.393 e. The van der Waals surface area contributed by atoms with Crippen molar-refractivity contribution in [1.82, 2.24) is 4.57 Å². The molecule has 5 aromatic rings. The maximum Gasteiger partial charge on any atom is 0.255 e. The van der Waals surface area contributed by atoms with Crippen molar-refractivity contribution in [2.75, 3.05) is 28.6 Å². The quantitative estimate of drug-likeness (QED) is 0.232. The van der Waals surface area contributed by atoms with Crippen LogP contribution >= 0.6 is 0 Å². The molecule has 1 aromatic heterocycles. The van der Waals surface area contributed by atoms with Crippen molar-refractivity contribution in [2.45, 2.75) is 18.9 Å². The molecule has 39 heavy (non-hydrogen) atoms. The van der Waals surface area contributed by atoms with E-state index in [1.807, 2.05) is 71.4 Å². The van der Waals surface area contributed by atoms with Crippen LogP contribution in [0.4, 0.5) is 27.1 Å². The third-order valence-electron chi connectivity index (χ3n) is 7.21. The van der Waals surface area contributed by atoms with E-state index in [-0.39, 0.29) is 17.8 Å². The van der Waals surface area contributed by atoms with Crippen molar-refractivity contribution in [1.29, 1.82) is 0 Å². The number of aliphatic hydroxyl groups excluding tert-OH is 1. The van der Waals surface area contributed by atoms with E-state index in [0.29, 0.717) is 22.6 Å².